The molecule has 1 atom stereocenters. The highest BCUT2D eigenvalue weighted by atomic mass is 16.4. The van der Waals surface area contributed by atoms with Crippen LogP contribution < -0.4 is 5.32 Å². The summed E-state index contributed by atoms with van der Waals surface area (Å²) in [6, 6.07) is -0.887. The van der Waals surface area contributed by atoms with E-state index in [9.17, 15) is 9.59 Å². The van der Waals surface area contributed by atoms with Crippen molar-refractivity contribution in [3.05, 3.63) is 17.5 Å². The Kier molecular flexibility index (Phi) is 3.88. The van der Waals surface area contributed by atoms with Gasteiger partial charge in [-0.3, -0.25) is 9.48 Å². The number of carbonyl (C=O) groups excluding carboxylic acids is 1. The average Bonchev–Trinajstić information content (AvgIpc) is 2.53. The third kappa shape index (κ3) is 3.05. The topological polar surface area (TPSA) is 84.2 Å². The van der Waals surface area contributed by atoms with Crippen LogP contribution in [0.25, 0.3) is 0 Å². The summed E-state index contributed by atoms with van der Waals surface area (Å²) in [6.45, 7) is 5.20. The lowest BCUT2D eigenvalue weighted by Crippen LogP contribution is -2.44. The third-order valence-electron chi connectivity index (χ3n) is 2.48. The van der Waals surface area contributed by atoms with Crippen LogP contribution in [-0.4, -0.2) is 32.8 Å². The number of rotatable bonds is 4. The molecule has 1 heterocycles. The van der Waals surface area contributed by atoms with E-state index in [1.165, 1.54) is 4.68 Å². The van der Waals surface area contributed by atoms with Crippen molar-refractivity contribution in [3.63, 3.8) is 0 Å². The number of carbonyl (C=O) groups is 2. The second-order valence-electron chi connectivity index (χ2n) is 4.34. The van der Waals surface area contributed by atoms with Gasteiger partial charge in [-0.05, 0) is 12.8 Å². The smallest absolute Gasteiger partial charge is 0.326 e. The van der Waals surface area contributed by atoms with Gasteiger partial charge >= 0.3 is 5.97 Å². The van der Waals surface area contributed by atoms with Gasteiger partial charge in [-0.15, -0.1) is 0 Å². The first-order valence-electron chi connectivity index (χ1n) is 5.36. The van der Waals surface area contributed by atoms with E-state index in [4.69, 9.17) is 5.11 Å². The molecule has 0 radical (unpaired) electrons. The summed E-state index contributed by atoms with van der Waals surface area (Å²) in [5, 5.41) is 15.5. The van der Waals surface area contributed by atoms with E-state index in [2.05, 4.69) is 10.4 Å². The predicted octanol–water partition coefficient (Wildman–Crippen LogP) is 0.568. The molecule has 6 heteroatoms. The van der Waals surface area contributed by atoms with Gasteiger partial charge < -0.3 is 10.4 Å². The first kappa shape index (κ1) is 13.2. The van der Waals surface area contributed by atoms with Crippen LogP contribution in [0.2, 0.25) is 0 Å². The van der Waals surface area contributed by atoms with Crippen LogP contribution in [0.5, 0.6) is 0 Å². The van der Waals surface area contributed by atoms with E-state index >= 15 is 0 Å². The van der Waals surface area contributed by atoms with Crippen LogP contribution >= 0.6 is 0 Å². The Balaban J connectivity index is 2.85. The first-order valence-corrected chi connectivity index (χ1v) is 5.36. The van der Waals surface area contributed by atoms with Crippen molar-refractivity contribution in [3.8, 4) is 0 Å². The van der Waals surface area contributed by atoms with Crippen LogP contribution in [0.4, 0.5) is 0 Å². The molecule has 94 valence electrons. The average molecular weight is 239 g/mol. The van der Waals surface area contributed by atoms with Crippen LogP contribution in [0.15, 0.2) is 6.20 Å². The van der Waals surface area contributed by atoms with Crippen molar-refractivity contribution in [2.75, 3.05) is 0 Å². The van der Waals surface area contributed by atoms with Crippen molar-refractivity contribution in [2.24, 2.45) is 13.0 Å². The minimum atomic E-state index is -1.03. The summed E-state index contributed by atoms with van der Waals surface area (Å²) in [4.78, 5) is 22.8. The van der Waals surface area contributed by atoms with Crippen LogP contribution in [0, 0.1) is 12.8 Å². The maximum Gasteiger partial charge on any atom is 0.326 e. The minimum absolute atomic E-state index is 0.173. The molecule has 0 spiro atoms. The van der Waals surface area contributed by atoms with Crippen LogP contribution in [-0.2, 0) is 11.8 Å². The summed E-state index contributed by atoms with van der Waals surface area (Å²) in [7, 11) is 1.71. The lowest BCUT2D eigenvalue weighted by atomic mass is 10.0. The highest BCUT2D eigenvalue weighted by Crippen LogP contribution is 2.07. The molecule has 6 nitrogen and oxygen atoms in total. The van der Waals surface area contributed by atoms with Crippen molar-refractivity contribution in [1.82, 2.24) is 15.1 Å². The van der Waals surface area contributed by atoms with Crippen LogP contribution in [0.3, 0.4) is 0 Å². The number of carboxylic acids is 1. The highest BCUT2D eigenvalue weighted by molar-refractivity contribution is 5.97. The van der Waals surface area contributed by atoms with Crippen molar-refractivity contribution in [1.29, 1.82) is 0 Å². The van der Waals surface area contributed by atoms with Gasteiger partial charge in [0.15, 0.2) is 0 Å². The minimum Gasteiger partial charge on any atom is -0.480 e. The molecule has 2 N–H and O–H groups in total. The molecule has 0 aliphatic heterocycles. The number of nitrogens with zero attached hydrogens (tertiary/aromatic N) is 2. The molecule has 0 unspecified atom stereocenters. The van der Waals surface area contributed by atoms with Gasteiger partial charge in [0.1, 0.15) is 6.04 Å². The van der Waals surface area contributed by atoms with Crippen LogP contribution in [0.1, 0.15) is 29.9 Å². The van der Waals surface area contributed by atoms with Crippen molar-refractivity contribution >= 4 is 11.9 Å². The zero-order chi connectivity index (χ0) is 13.2. The molecule has 0 aliphatic rings. The summed E-state index contributed by atoms with van der Waals surface area (Å²) in [5.41, 5.74) is 0.984. The number of amides is 1. The molecule has 17 heavy (non-hydrogen) atoms. The molecule has 0 saturated carbocycles. The summed E-state index contributed by atoms with van der Waals surface area (Å²) < 4.78 is 1.52. The second-order valence-corrected chi connectivity index (χ2v) is 4.34. The molecular formula is C11H17N3O3. The molecule has 0 fully saturated rings. The monoisotopic (exact) mass is 239 g/mol. The number of aromatic nitrogens is 2. The highest BCUT2D eigenvalue weighted by Gasteiger charge is 2.25. The van der Waals surface area contributed by atoms with E-state index in [1.54, 1.807) is 34.0 Å². The Morgan fingerprint density at radius 1 is 1.47 bits per heavy atom. The number of carboxylic acid groups (broad SMARTS) is 1. The lowest BCUT2D eigenvalue weighted by Gasteiger charge is -2.17. The molecule has 0 aromatic carbocycles. The molecule has 0 aliphatic carbocycles. The summed E-state index contributed by atoms with van der Waals surface area (Å²) >= 11 is 0. The van der Waals surface area contributed by atoms with Gasteiger partial charge in [0, 0.05) is 13.2 Å². The second kappa shape index (κ2) is 4.99. The Morgan fingerprint density at radius 3 is 2.41 bits per heavy atom. The Labute approximate surface area is 99.6 Å². The fraction of sp³-hybridized carbons (Fsp3) is 0.545. The van der Waals surface area contributed by atoms with E-state index in [0.29, 0.717) is 11.3 Å². The van der Waals surface area contributed by atoms with Gasteiger partial charge in [0.25, 0.3) is 5.91 Å². The predicted molar refractivity (Wildman–Crippen MR) is 61.7 cm³/mol. The zero-order valence-electron chi connectivity index (χ0n) is 10.4. The molecule has 1 aromatic heterocycles. The molecule has 1 amide bonds. The number of hydrogen-bond acceptors (Lipinski definition) is 3. The van der Waals surface area contributed by atoms with Gasteiger partial charge in [-0.25, -0.2) is 4.79 Å². The molecule has 1 rings (SSSR count). The molecule has 1 aromatic rings. The summed E-state index contributed by atoms with van der Waals surface area (Å²) in [6.07, 6.45) is 1.57. The summed E-state index contributed by atoms with van der Waals surface area (Å²) in [5.74, 6) is -1.61. The van der Waals surface area contributed by atoms with Crippen molar-refractivity contribution in [2.45, 2.75) is 26.8 Å². The zero-order valence-corrected chi connectivity index (χ0v) is 10.4. The quantitative estimate of drug-likeness (QED) is 0.804. The van der Waals surface area contributed by atoms with Gasteiger partial charge in [-0.2, -0.15) is 5.10 Å². The maximum atomic E-state index is 11.9. The number of nitrogens with one attached hydrogen (secondary N) is 1. The first-order chi connectivity index (χ1) is 7.82. The standard InChI is InChI=1S/C11H17N3O3/c1-6(2)9(11(16)17)12-10(15)8-5-14(4)13-7(8)3/h5-6,9H,1-4H3,(H,12,15)(H,16,17)/t9-/m1/s1. The number of aliphatic carboxylic acids is 1. The fourth-order valence-electron chi connectivity index (χ4n) is 1.56. The number of aryl methyl sites for hydroxylation is 2. The van der Waals surface area contributed by atoms with Gasteiger partial charge in [0.2, 0.25) is 0 Å². The lowest BCUT2D eigenvalue weighted by molar-refractivity contribution is -0.140. The van der Waals surface area contributed by atoms with E-state index in [0.717, 1.165) is 0 Å². The molecule has 0 saturated heterocycles. The molecular weight excluding hydrogens is 222 g/mol. The maximum absolute atomic E-state index is 11.9. The van der Waals surface area contributed by atoms with E-state index < -0.39 is 17.9 Å². The van der Waals surface area contributed by atoms with E-state index in [-0.39, 0.29) is 5.92 Å². The Morgan fingerprint density at radius 2 is 2.06 bits per heavy atom. The Hall–Kier alpha value is -1.85. The Bertz CT molecular complexity index is 437. The third-order valence-corrected chi connectivity index (χ3v) is 2.48. The fourth-order valence-corrected chi connectivity index (χ4v) is 1.56. The largest absolute Gasteiger partial charge is 0.480 e. The van der Waals surface area contributed by atoms with Crippen molar-refractivity contribution < 1.29 is 14.7 Å². The normalized spacial score (nSPS) is 12.5. The molecule has 0 bridgehead atoms. The van der Waals surface area contributed by atoms with E-state index in [1.807, 2.05) is 0 Å². The van der Waals surface area contributed by atoms with Gasteiger partial charge in [0.05, 0.1) is 11.3 Å². The SMILES string of the molecule is Cc1nn(C)cc1C(=O)N[C@@H](C(=O)O)C(C)C. The van der Waals surface area contributed by atoms with Gasteiger partial charge in [-0.1, -0.05) is 13.8 Å². The number of hydrogen-bond donors (Lipinski definition) is 2.